The molecule has 0 N–H and O–H groups in total. The van der Waals surface area contributed by atoms with Gasteiger partial charge in [0.1, 0.15) is 0 Å². The molecule has 2 aliphatic carbocycles. The normalized spacial score (nSPS) is 29.7. The van der Waals surface area contributed by atoms with Gasteiger partial charge in [0.05, 0.1) is 0 Å². The molecule has 2 aliphatic rings. The molecule has 1 nitrogen and oxygen atoms in total. The molecule has 12 heavy (non-hydrogen) atoms. The lowest BCUT2D eigenvalue weighted by atomic mass is 9.90. The fourth-order valence-electron chi connectivity index (χ4n) is 2.16. The minimum atomic E-state index is 0.257. The molecular weight excluding hydrogens is 148 g/mol. The van der Waals surface area contributed by atoms with E-state index < -0.39 is 0 Å². The Kier molecular flexibility index (Phi) is 1.87. The molecule has 1 fully saturated rings. The molecule has 1 saturated carbocycles. The van der Waals surface area contributed by atoms with Crippen molar-refractivity contribution in [2.24, 2.45) is 5.92 Å². The maximum Gasteiger partial charge on any atom is 0.159 e. The second-order valence-corrected chi connectivity index (χ2v) is 3.91. The van der Waals surface area contributed by atoms with Crippen LogP contribution in [0.15, 0.2) is 23.8 Å². The van der Waals surface area contributed by atoms with Gasteiger partial charge in [-0.2, -0.15) is 0 Å². The quantitative estimate of drug-likeness (QED) is 0.500. The van der Waals surface area contributed by atoms with Gasteiger partial charge in [-0.15, -0.1) is 0 Å². The summed E-state index contributed by atoms with van der Waals surface area (Å²) in [5, 5.41) is 0. The van der Waals surface area contributed by atoms with Crippen LogP contribution >= 0.6 is 0 Å². The molecule has 0 aromatic heterocycles. The van der Waals surface area contributed by atoms with Crippen molar-refractivity contribution >= 4 is 5.78 Å². The SMILES string of the molecule is C=C1CCCC2=CC(=O)[C@@H](C1)C2. The van der Waals surface area contributed by atoms with E-state index in [0.29, 0.717) is 5.78 Å². The molecule has 0 unspecified atom stereocenters. The van der Waals surface area contributed by atoms with Gasteiger partial charge in [-0.05, 0) is 38.2 Å². The van der Waals surface area contributed by atoms with E-state index in [2.05, 4.69) is 6.58 Å². The molecular formula is C11H14O. The first-order valence-electron chi connectivity index (χ1n) is 4.65. The van der Waals surface area contributed by atoms with E-state index in [9.17, 15) is 4.79 Å². The maximum atomic E-state index is 11.4. The first-order chi connectivity index (χ1) is 5.75. The van der Waals surface area contributed by atoms with Crippen molar-refractivity contribution in [1.29, 1.82) is 0 Å². The predicted octanol–water partition coefficient (Wildman–Crippen LogP) is 2.63. The third-order valence-electron chi connectivity index (χ3n) is 2.82. The van der Waals surface area contributed by atoms with E-state index in [-0.39, 0.29) is 5.92 Å². The van der Waals surface area contributed by atoms with E-state index in [4.69, 9.17) is 0 Å². The second kappa shape index (κ2) is 2.89. The molecule has 64 valence electrons. The van der Waals surface area contributed by atoms with Gasteiger partial charge in [-0.25, -0.2) is 0 Å². The van der Waals surface area contributed by atoms with E-state index in [1.807, 2.05) is 6.08 Å². The molecule has 0 heterocycles. The van der Waals surface area contributed by atoms with Gasteiger partial charge in [0.15, 0.2) is 5.78 Å². The van der Waals surface area contributed by atoms with Gasteiger partial charge in [-0.3, -0.25) is 4.79 Å². The number of ketones is 1. The van der Waals surface area contributed by atoms with Gasteiger partial charge in [0, 0.05) is 5.92 Å². The number of fused-ring (bicyclic) bond motifs is 2. The lowest BCUT2D eigenvalue weighted by molar-refractivity contribution is -0.117. The summed E-state index contributed by atoms with van der Waals surface area (Å²) in [4.78, 5) is 11.4. The lowest BCUT2D eigenvalue weighted by Gasteiger charge is -2.14. The topological polar surface area (TPSA) is 17.1 Å². The summed E-state index contributed by atoms with van der Waals surface area (Å²) >= 11 is 0. The average molecular weight is 162 g/mol. The molecule has 0 aromatic rings. The summed E-state index contributed by atoms with van der Waals surface area (Å²) in [6, 6.07) is 0. The number of hydrogen-bond donors (Lipinski definition) is 0. The van der Waals surface area contributed by atoms with Gasteiger partial charge >= 0.3 is 0 Å². The first kappa shape index (κ1) is 7.78. The zero-order chi connectivity index (χ0) is 8.55. The smallest absolute Gasteiger partial charge is 0.159 e. The maximum absolute atomic E-state index is 11.4. The van der Waals surface area contributed by atoms with Crippen LogP contribution in [0.25, 0.3) is 0 Å². The number of carbonyl (C=O) groups is 1. The van der Waals surface area contributed by atoms with Crippen LogP contribution in [0.1, 0.15) is 32.1 Å². The van der Waals surface area contributed by atoms with Crippen LogP contribution in [0.2, 0.25) is 0 Å². The van der Waals surface area contributed by atoms with Crippen molar-refractivity contribution in [1.82, 2.24) is 0 Å². The minimum Gasteiger partial charge on any atom is -0.295 e. The summed E-state index contributed by atoms with van der Waals surface area (Å²) in [6.45, 7) is 3.99. The van der Waals surface area contributed by atoms with Crippen molar-refractivity contribution in [2.45, 2.75) is 32.1 Å². The Balaban J connectivity index is 2.17. The zero-order valence-electron chi connectivity index (χ0n) is 7.31. The van der Waals surface area contributed by atoms with E-state index in [1.165, 1.54) is 17.6 Å². The van der Waals surface area contributed by atoms with Crippen molar-refractivity contribution in [3.05, 3.63) is 23.8 Å². The Morgan fingerprint density at radius 2 is 2.17 bits per heavy atom. The highest BCUT2D eigenvalue weighted by molar-refractivity contribution is 5.95. The van der Waals surface area contributed by atoms with Gasteiger partial charge in [0.25, 0.3) is 0 Å². The molecule has 2 bridgehead atoms. The summed E-state index contributed by atoms with van der Waals surface area (Å²) in [7, 11) is 0. The third-order valence-corrected chi connectivity index (χ3v) is 2.82. The second-order valence-electron chi connectivity index (χ2n) is 3.91. The first-order valence-corrected chi connectivity index (χ1v) is 4.65. The van der Waals surface area contributed by atoms with Crippen LogP contribution in [0.5, 0.6) is 0 Å². The third kappa shape index (κ3) is 1.36. The zero-order valence-corrected chi connectivity index (χ0v) is 7.31. The summed E-state index contributed by atoms with van der Waals surface area (Å²) in [5.74, 6) is 0.598. The molecule has 0 amide bonds. The van der Waals surface area contributed by atoms with E-state index in [0.717, 1.165) is 25.7 Å². The Labute approximate surface area is 73.2 Å². The van der Waals surface area contributed by atoms with E-state index >= 15 is 0 Å². The van der Waals surface area contributed by atoms with Crippen LogP contribution in [0.3, 0.4) is 0 Å². The van der Waals surface area contributed by atoms with Gasteiger partial charge < -0.3 is 0 Å². The predicted molar refractivity (Wildman–Crippen MR) is 48.8 cm³/mol. The lowest BCUT2D eigenvalue weighted by Crippen LogP contribution is -2.08. The molecule has 0 radical (unpaired) electrons. The van der Waals surface area contributed by atoms with Crippen LogP contribution in [-0.2, 0) is 4.79 Å². The highest BCUT2D eigenvalue weighted by atomic mass is 16.1. The molecule has 1 atom stereocenters. The molecule has 1 heteroatoms. The van der Waals surface area contributed by atoms with Crippen LogP contribution in [-0.4, -0.2) is 5.78 Å². The standard InChI is InChI=1S/C11H14O/c1-8-3-2-4-9-6-10(5-8)11(12)7-9/h7,10H,1-6H2/t10-/m0/s1. The molecule has 0 spiro atoms. The van der Waals surface area contributed by atoms with Crippen molar-refractivity contribution in [2.75, 3.05) is 0 Å². The fraction of sp³-hybridized carbons (Fsp3) is 0.545. The summed E-state index contributed by atoms with van der Waals surface area (Å²) < 4.78 is 0. The highest BCUT2D eigenvalue weighted by Crippen LogP contribution is 2.34. The van der Waals surface area contributed by atoms with E-state index in [1.54, 1.807) is 0 Å². The fourth-order valence-corrected chi connectivity index (χ4v) is 2.16. The molecule has 0 saturated heterocycles. The number of hydrogen-bond acceptors (Lipinski definition) is 1. The number of carbonyl (C=O) groups excluding carboxylic acids is 1. The number of rotatable bonds is 0. The molecule has 0 aliphatic heterocycles. The highest BCUT2D eigenvalue weighted by Gasteiger charge is 2.26. The average Bonchev–Trinajstić information content (AvgIpc) is 2.30. The van der Waals surface area contributed by atoms with Crippen molar-refractivity contribution in [3.8, 4) is 0 Å². The molecule has 2 rings (SSSR count). The van der Waals surface area contributed by atoms with Gasteiger partial charge in [-0.1, -0.05) is 17.7 Å². The van der Waals surface area contributed by atoms with Crippen LogP contribution in [0, 0.1) is 5.92 Å². The minimum absolute atomic E-state index is 0.257. The summed E-state index contributed by atoms with van der Waals surface area (Å²) in [6.07, 6.45) is 7.22. The Hall–Kier alpha value is -0.850. The van der Waals surface area contributed by atoms with Crippen LogP contribution in [0.4, 0.5) is 0 Å². The largest absolute Gasteiger partial charge is 0.295 e. The Morgan fingerprint density at radius 1 is 1.33 bits per heavy atom. The van der Waals surface area contributed by atoms with Gasteiger partial charge in [0.2, 0.25) is 0 Å². The Morgan fingerprint density at radius 3 is 3.00 bits per heavy atom. The van der Waals surface area contributed by atoms with Crippen molar-refractivity contribution < 1.29 is 4.79 Å². The molecule has 0 aromatic carbocycles. The summed E-state index contributed by atoms with van der Waals surface area (Å²) in [5.41, 5.74) is 2.64. The van der Waals surface area contributed by atoms with Crippen molar-refractivity contribution in [3.63, 3.8) is 0 Å². The number of allylic oxidation sites excluding steroid dienone is 3. The Bertz CT molecular complexity index is 260. The monoisotopic (exact) mass is 162 g/mol. The van der Waals surface area contributed by atoms with Crippen LogP contribution < -0.4 is 0 Å².